The van der Waals surface area contributed by atoms with Gasteiger partial charge in [-0.05, 0) is 37.1 Å². The number of ether oxygens (including phenoxy) is 1. The molecule has 1 fully saturated rings. The van der Waals surface area contributed by atoms with Crippen molar-refractivity contribution in [1.29, 1.82) is 0 Å². The zero-order valence-electron chi connectivity index (χ0n) is 15.3. The number of anilines is 2. The first kappa shape index (κ1) is 19.3. The van der Waals surface area contributed by atoms with Crippen LogP contribution in [0.25, 0.3) is 11.3 Å². The van der Waals surface area contributed by atoms with Gasteiger partial charge in [-0.25, -0.2) is 9.97 Å². The van der Waals surface area contributed by atoms with Gasteiger partial charge >= 0.3 is 6.61 Å². The van der Waals surface area contributed by atoms with Crippen LogP contribution in [0.3, 0.4) is 0 Å². The van der Waals surface area contributed by atoms with Gasteiger partial charge in [-0.3, -0.25) is 10.1 Å². The number of nitrogens with one attached hydrogen (secondary N) is 1. The molecule has 1 aromatic carbocycles. The number of rotatable bonds is 6. The van der Waals surface area contributed by atoms with E-state index >= 15 is 0 Å². The highest BCUT2D eigenvalue weighted by Gasteiger charge is 2.16. The lowest BCUT2D eigenvalue weighted by Gasteiger charge is -2.15. The number of benzene rings is 1. The molecule has 0 spiro atoms. The van der Waals surface area contributed by atoms with Crippen LogP contribution >= 0.6 is 11.3 Å². The van der Waals surface area contributed by atoms with Gasteiger partial charge < -0.3 is 9.64 Å². The third kappa shape index (κ3) is 4.51. The monoisotopic (exact) mass is 416 g/mol. The van der Waals surface area contributed by atoms with E-state index in [-0.39, 0.29) is 11.7 Å². The molecular formula is C20H18F2N4O2S. The van der Waals surface area contributed by atoms with Gasteiger partial charge in [0.15, 0.2) is 5.13 Å². The van der Waals surface area contributed by atoms with E-state index in [0.29, 0.717) is 22.0 Å². The quantitative estimate of drug-likeness (QED) is 0.633. The molecule has 0 unspecified atom stereocenters. The van der Waals surface area contributed by atoms with Crippen molar-refractivity contribution in [2.24, 2.45) is 0 Å². The number of para-hydroxylation sites is 1. The highest BCUT2D eigenvalue weighted by molar-refractivity contribution is 7.14. The van der Waals surface area contributed by atoms with Crippen LogP contribution in [0.15, 0.2) is 48.0 Å². The SMILES string of the molecule is O=C(Nc1nc(-c2ccccc2OC(F)F)cs1)c1ccc(N2CCCC2)nc1. The number of carbonyl (C=O) groups excluding carboxylic acids is 1. The van der Waals surface area contributed by atoms with Crippen LogP contribution in [0.1, 0.15) is 23.2 Å². The van der Waals surface area contributed by atoms with Crippen LogP contribution in [-0.2, 0) is 0 Å². The Balaban J connectivity index is 1.46. The molecule has 9 heteroatoms. The number of hydrogen-bond donors (Lipinski definition) is 1. The Morgan fingerprint density at radius 1 is 1.17 bits per heavy atom. The average molecular weight is 416 g/mol. The lowest BCUT2D eigenvalue weighted by atomic mass is 10.1. The van der Waals surface area contributed by atoms with E-state index in [1.54, 1.807) is 35.8 Å². The molecule has 6 nitrogen and oxygen atoms in total. The summed E-state index contributed by atoms with van der Waals surface area (Å²) < 4.78 is 29.7. The van der Waals surface area contributed by atoms with Crippen LogP contribution in [0.2, 0.25) is 0 Å². The van der Waals surface area contributed by atoms with Crippen LogP contribution in [0.5, 0.6) is 5.75 Å². The summed E-state index contributed by atoms with van der Waals surface area (Å²) in [6, 6.07) is 9.97. The van der Waals surface area contributed by atoms with Crippen molar-refractivity contribution in [3.05, 3.63) is 53.5 Å². The first-order valence-electron chi connectivity index (χ1n) is 9.12. The number of hydrogen-bond acceptors (Lipinski definition) is 6. The second kappa shape index (κ2) is 8.52. The molecular weight excluding hydrogens is 398 g/mol. The third-order valence-electron chi connectivity index (χ3n) is 4.54. The molecule has 29 heavy (non-hydrogen) atoms. The van der Waals surface area contributed by atoms with E-state index in [9.17, 15) is 13.6 Å². The van der Waals surface area contributed by atoms with Gasteiger partial charge in [-0.1, -0.05) is 12.1 Å². The van der Waals surface area contributed by atoms with E-state index in [4.69, 9.17) is 0 Å². The number of alkyl halides is 2. The summed E-state index contributed by atoms with van der Waals surface area (Å²) in [4.78, 5) is 23.4. The minimum Gasteiger partial charge on any atom is -0.434 e. The van der Waals surface area contributed by atoms with E-state index in [0.717, 1.165) is 31.7 Å². The molecule has 3 heterocycles. The summed E-state index contributed by atoms with van der Waals surface area (Å²) in [5, 5.41) is 4.76. The first-order chi connectivity index (χ1) is 14.1. The number of halogens is 2. The Morgan fingerprint density at radius 2 is 1.97 bits per heavy atom. The van der Waals surface area contributed by atoms with Gasteiger partial charge in [-0.2, -0.15) is 8.78 Å². The van der Waals surface area contributed by atoms with Crippen molar-refractivity contribution >= 4 is 28.2 Å². The average Bonchev–Trinajstić information content (AvgIpc) is 3.40. The molecule has 3 aromatic rings. The summed E-state index contributed by atoms with van der Waals surface area (Å²) in [6.45, 7) is -0.959. The predicted molar refractivity (Wildman–Crippen MR) is 108 cm³/mol. The fraction of sp³-hybridized carbons (Fsp3) is 0.250. The molecule has 1 saturated heterocycles. The number of nitrogens with zero attached hydrogens (tertiary/aromatic N) is 3. The summed E-state index contributed by atoms with van der Waals surface area (Å²) in [5.74, 6) is 0.571. The van der Waals surface area contributed by atoms with Crippen LogP contribution < -0.4 is 15.0 Å². The zero-order chi connectivity index (χ0) is 20.2. The van der Waals surface area contributed by atoms with E-state index in [1.807, 2.05) is 6.07 Å². The van der Waals surface area contributed by atoms with Crippen molar-refractivity contribution in [3.63, 3.8) is 0 Å². The van der Waals surface area contributed by atoms with Gasteiger partial charge in [0.2, 0.25) is 0 Å². The van der Waals surface area contributed by atoms with Crippen molar-refractivity contribution in [2.45, 2.75) is 19.5 Å². The highest BCUT2D eigenvalue weighted by Crippen LogP contribution is 2.33. The summed E-state index contributed by atoms with van der Waals surface area (Å²) in [5.41, 5.74) is 1.30. The van der Waals surface area contributed by atoms with Crippen LogP contribution in [0.4, 0.5) is 19.7 Å². The normalized spacial score (nSPS) is 13.7. The Morgan fingerprint density at radius 3 is 2.69 bits per heavy atom. The largest absolute Gasteiger partial charge is 0.434 e. The summed E-state index contributed by atoms with van der Waals surface area (Å²) in [7, 11) is 0. The zero-order valence-corrected chi connectivity index (χ0v) is 16.2. The fourth-order valence-corrected chi connectivity index (χ4v) is 3.86. The number of carbonyl (C=O) groups is 1. The Hall–Kier alpha value is -3.07. The lowest BCUT2D eigenvalue weighted by Crippen LogP contribution is -2.19. The number of pyridine rings is 1. The van der Waals surface area contributed by atoms with Crippen molar-refractivity contribution in [1.82, 2.24) is 9.97 Å². The summed E-state index contributed by atoms with van der Waals surface area (Å²) >= 11 is 1.20. The minimum atomic E-state index is -2.93. The molecule has 1 aliphatic rings. The molecule has 0 radical (unpaired) electrons. The maximum atomic E-state index is 12.6. The van der Waals surface area contributed by atoms with Gasteiger partial charge in [0, 0.05) is 30.2 Å². The number of thiazole rings is 1. The maximum absolute atomic E-state index is 12.6. The Labute approximate surface area is 170 Å². The maximum Gasteiger partial charge on any atom is 0.387 e. The highest BCUT2D eigenvalue weighted by atomic mass is 32.1. The van der Waals surface area contributed by atoms with Gasteiger partial charge in [-0.15, -0.1) is 11.3 Å². The number of aromatic nitrogens is 2. The van der Waals surface area contributed by atoms with E-state index < -0.39 is 6.61 Å². The molecule has 150 valence electrons. The Kier molecular flexibility index (Phi) is 5.66. The predicted octanol–water partition coefficient (Wildman–Crippen LogP) is 4.66. The summed E-state index contributed by atoms with van der Waals surface area (Å²) in [6.07, 6.45) is 3.85. The van der Waals surface area contributed by atoms with Gasteiger partial charge in [0.25, 0.3) is 5.91 Å². The molecule has 0 atom stereocenters. The van der Waals surface area contributed by atoms with Gasteiger partial charge in [0.1, 0.15) is 11.6 Å². The van der Waals surface area contributed by atoms with E-state index in [1.165, 1.54) is 17.4 Å². The second-order valence-electron chi connectivity index (χ2n) is 6.47. The standard InChI is InChI=1S/C20H18F2N4O2S/c21-19(22)28-16-6-2-1-5-14(16)15-12-29-20(24-15)25-18(27)13-7-8-17(23-11-13)26-9-3-4-10-26/h1-2,5-8,11-12,19H,3-4,9-10H2,(H,24,25,27). The van der Waals surface area contributed by atoms with E-state index in [2.05, 4.69) is 24.9 Å². The molecule has 4 rings (SSSR count). The molecule has 2 aromatic heterocycles. The molecule has 0 bridgehead atoms. The van der Waals surface area contributed by atoms with Gasteiger partial charge in [0.05, 0.1) is 11.3 Å². The molecule has 0 aliphatic carbocycles. The molecule has 0 saturated carbocycles. The smallest absolute Gasteiger partial charge is 0.387 e. The second-order valence-corrected chi connectivity index (χ2v) is 7.32. The fourth-order valence-electron chi connectivity index (χ4n) is 3.15. The lowest BCUT2D eigenvalue weighted by molar-refractivity contribution is -0.0494. The van der Waals surface area contributed by atoms with Crippen molar-refractivity contribution in [3.8, 4) is 17.0 Å². The molecule has 1 N–H and O–H groups in total. The molecule has 1 amide bonds. The Bertz CT molecular complexity index is 988. The topological polar surface area (TPSA) is 67.3 Å². The van der Waals surface area contributed by atoms with Crippen molar-refractivity contribution < 1.29 is 18.3 Å². The first-order valence-corrected chi connectivity index (χ1v) is 10.0. The number of amides is 1. The third-order valence-corrected chi connectivity index (χ3v) is 5.30. The molecule has 1 aliphatic heterocycles. The van der Waals surface area contributed by atoms with Crippen LogP contribution in [-0.4, -0.2) is 35.6 Å². The minimum absolute atomic E-state index is 0.0346. The van der Waals surface area contributed by atoms with Crippen molar-refractivity contribution in [2.75, 3.05) is 23.3 Å². The van der Waals surface area contributed by atoms with Crippen LogP contribution in [0, 0.1) is 0 Å².